The summed E-state index contributed by atoms with van der Waals surface area (Å²) in [6.07, 6.45) is 1.73. The molecule has 1 aromatic rings. The van der Waals surface area contributed by atoms with Gasteiger partial charge in [-0.2, -0.15) is 0 Å². The second-order valence-corrected chi connectivity index (χ2v) is 3.19. The highest BCUT2D eigenvalue weighted by Gasteiger charge is 2.19. The van der Waals surface area contributed by atoms with Gasteiger partial charge in [-0.1, -0.05) is 31.7 Å². The molecular formula is C12H16N2O. The molecule has 0 saturated carbocycles. The third-order valence-electron chi connectivity index (χ3n) is 2.28. The van der Waals surface area contributed by atoms with Crippen LogP contribution in [0.4, 0.5) is 0 Å². The first kappa shape index (κ1) is 11.3. The van der Waals surface area contributed by atoms with E-state index in [9.17, 15) is 4.79 Å². The Morgan fingerprint density at radius 2 is 2.13 bits per heavy atom. The molecule has 1 amide bonds. The summed E-state index contributed by atoms with van der Waals surface area (Å²) in [6, 6.07) is 7.92. The number of amides is 1. The Labute approximate surface area is 90.2 Å². The highest BCUT2D eigenvalue weighted by molar-refractivity contribution is 6.20. The van der Waals surface area contributed by atoms with Gasteiger partial charge >= 0.3 is 0 Å². The van der Waals surface area contributed by atoms with Gasteiger partial charge in [0.05, 0.1) is 5.57 Å². The lowest BCUT2D eigenvalue weighted by atomic mass is 9.96. The Bertz CT molecular complexity index is 396. The predicted molar refractivity (Wildman–Crippen MR) is 62.1 cm³/mol. The molecule has 0 bridgehead atoms. The number of benzene rings is 1. The monoisotopic (exact) mass is 204 g/mol. The van der Waals surface area contributed by atoms with E-state index >= 15 is 0 Å². The van der Waals surface area contributed by atoms with E-state index in [0.717, 1.165) is 11.1 Å². The zero-order valence-electron chi connectivity index (χ0n) is 8.00. The Hall–Kier alpha value is -1.77. The van der Waals surface area contributed by atoms with E-state index in [4.69, 9.17) is 0 Å². The maximum absolute atomic E-state index is 11.5. The van der Waals surface area contributed by atoms with E-state index < -0.39 is 0 Å². The van der Waals surface area contributed by atoms with Crippen LogP contribution in [0.2, 0.25) is 0 Å². The summed E-state index contributed by atoms with van der Waals surface area (Å²) >= 11 is 0. The molecule has 0 saturated heterocycles. The maximum atomic E-state index is 11.5. The molecule has 1 heterocycles. The molecule has 0 atom stereocenters. The van der Waals surface area contributed by atoms with Crippen LogP contribution >= 0.6 is 0 Å². The highest BCUT2D eigenvalue weighted by atomic mass is 16.1. The van der Waals surface area contributed by atoms with Gasteiger partial charge in [-0.05, 0) is 11.1 Å². The quantitative estimate of drug-likeness (QED) is 0.681. The molecule has 0 radical (unpaired) electrons. The molecule has 0 spiro atoms. The number of fused-ring (bicyclic) bond motifs is 1. The van der Waals surface area contributed by atoms with E-state index in [0.29, 0.717) is 12.1 Å². The van der Waals surface area contributed by atoms with Gasteiger partial charge in [0.2, 0.25) is 0 Å². The fraction of sp³-hybridized carbons (Fsp3) is 0.250. The average molecular weight is 204 g/mol. The van der Waals surface area contributed by atoms with Crippen LogP contribution in [0.15, 0.2) is 30.5 Å². The van der Waals surface area contributed by atoms with Gasteiger partial charge in [-0.25, -0.2) is 0 Å². The number of hydrogen-bond acceptors (Lipinski definition) is 2. The molecular weight excluding hydrogens is 188 g/mol. The van der Waals surface area contributed by atoms with Crippen LogP contribution in [0, 0.1) is 0 Å². The number of carbonyl (C=O) groups is 1. The molecule has 0 aromatic heterocycles. The van der Waals surface area contributed by atoms with Crippen molar-refractivity contribution in [3.63, 3.8) is 0 Å². The largest absolute Gasteiger partial charge is 0.393 e. The van der Waals surface area contributed by atoms with Crippen molar-refractivity contribution in [2.24, 2.45) is 0 Å². The zero-order valence-corrected chi connectivity index (χ0v) is 8.00. The number of nitrogens with one attached hydrogen (secondary N) is 2. The van der Waals surface area contributed by atoms with E-state index in [1.165, 1.54) is 0 Å². The first-order chi connectivity index (χ1) is 6.83. The summed E-state index contributed by atoms with van der Waals surface area (Å²) < 4.78 is 0. The van der Waals surface area contributed by atoms with Crippen LogP contribution in [0.25, 0.3) is 5.57 Å². The Morgan fingerprint density at radius 1 is 1.40 bits per heavy atom. The summed E-state index contributed by atoms with van der Waals surface area (Å²) in [7, 11) is 1.79. The Kier molecular flexibility index (Phi) is 3.50. The van der Waals surface area contributed by atoms with Crippen molar-refractivity contribution in [1.82, 2.24) is 10.6 Å². The molecule has 2 rings (SSSR count). The van der Waals surface area contributed by atoms with Crippen LogP contribution in [-0.2, 0) is 11.3 Å². The Morgan fingerprint density at radius 3 is 2.87 bits per heavy atom. The van der Waals surface area contributed by atoms with Gasteiger partial charge in [-0.3, -0.25) is 4.79 Å². The fourth-order valence-electron chi connectivity index (χ4n) is 1.62. The summed E-state index contributed by atoms with van der Waals surface area (Å²) in [6.45, 7) is 0.621. The molecule has 1 aliphatic rings. The second kappa shape index (κ2) is 4.64. The van der Waals surface area contributed by atoms with Crippen LogP contribution in [0.5, 0.6) is 0 Å². The Balaban J connectivity index is 0.00000112. The molecule has 0 aliphatic carbocycles. The van der Waals surface area contributed by atoms with Crippen molar-refractivity contribution >= 4 is 11.5 Å². The summed E-state index contributed by atoms with van der Waals surface area (Å²) in [4.78, 5) is 11.5. The van der Waals surface area contributed by atoms with Crippen molar-refractivity contribution in [1.29, 1.82) is 0 Å². The number of rotatable bonds is 1. The van der Waals surface area contributed by atoms with Crippen molar-refractivity contribution in [2.45, 2.75) is 14.0 Å². The topological polar surface area (TPSA) is 41.1 Å². The third-order valence-corrected chi connectivity index (χ3v) is 2.28. The molecule has 1 aliphatic heterocycles. The molecule has 2 N–H and O–H groups in total. The molecule has 80 valence electrons. The summed E-state index contributed by atoms with van der Waals surface area (Å²) in [5.74, 6) is -0.0157. The van der Waals surface area contributed by atoms with E-state index in [-0.39, 0.29) is 13.3 Å². The van der Waals surface area contributed by atoms with Gasteiger partial charge in [0.1, 0.15) is 0 Å². The molecule has 0 unspecified atom stereocenters. The zero-order chi connectivity index (χ0) is 9.97. The summed E-state index contributed by atoms with van der Waals surface area (Å²) in [5, 5.41) is 5.71. The normalized spacial score (nSPS) is 16.3. The minimum absolute atomic E-state index is 0. The third kappa shape index (κ3) is 2.01. The minimum atomic E-state index is -0.0157. The molecule has 3 nitrogen and oxygen atoms in total. The molecule has 15 heavy (non-hydrogen) atoms. The standard InChI is InChI=1S/C11H12N2O.CH4/c1-12-7-10-9-5-3-2-4-8(9)6-13-11(10)14;/h2-5,7,12H,6H2,1H3,(H,13,14);1H4/b10-7+;. The lowest BCUT2D eigenvalue weighted by Crippen LogP contribution is -2.30. The first-order valence-electron chi connectivity index (χ1n) is 4.57. The number of carbonyl (C=O) groups excluding carboxylic acids is 1. The SMILES string of the molecule is C.CN/C=C1/C(=O)NCc2ccccc21. The van der Waals surface area contributed by atoms with Crippen molar-refractivity contribution in [3.8, 4) is 0 Å². The van der Waals surface area contributed by atoms with Crippen LogP contribution in [0.3, 0.4) is 0 Å². The first-order valence-corrected chi connectivity index (χ1v) is 4.57. The van der Waals surface area contributed by atoms with Gasteiger partial charge in [-0.15, -0.1) is 0 Å². The smallest absolute Gasteiger partial charge is 0.253 e. The lowest BCUT2D eigenvalue weighted by molar-refractivity contribution is -0.116. The van der Waals surface area contributed by atoms with Crippen molar-refractivity contribution in [3.05, 3.63) is 41.6 Å². The molecule has 1 aromatic carbocycles. The summed E-state index contributed by atoms with van der Waals surface area (Å²) in [5.41, 5.74) is 2.88. The van der Waals surface area contributed by atoms with E-state index in [2.05, 4.69) is 10.6 Å². The van der Waals surface area contributed by atoms with Crippen LogP contribution in [0.1, 0.15) is 18.6 Å². The van der Waals surface area contributed by atoms with Crippen molar-refractivity contribution in [2.75, 3.05) is 7.05 Å². The molecule has 0 fully saturated rings. The van der Waals surface area contributed by atoms with E-state index in [1.807, 2.05) is 24.3 Å². The number of hydrogen-bond donors (Lipinski definition) is 2. The van der Waals surface area contributed by atoms with Gasteiger partial charge < -0.3 is 10.6 Å². The van der Waals surface area contributed by atoms with Gasteiger partial charge in [0.15, 0.2) is 0 Å². The van der Waals surface area contributed by atoms with Crippen LogP contribution < -0.4 is 10.6 Å². The van der Waals surface area contributed by atoms with Gasteiger partial charge in [0.25, 0.3) is 5.91 Å². The van der Waals surface area contributed by atoms with E-state index in [1.54, 1.807) is 13.2 Å². The lowest BCUT2D eigenvalue weighted by Gasteiger charge is -2.19. The maximum Gasteiger partial charge on any atom is 0.253 e. The minimum Gasteiger partial charge on any atom is -0.393 e. The van der Waals surface area contributed by atoms with Gasteiger partial charge in [0, 0.05) is 19.8 Å². The fourth-order valence-corrected chi connectivity index (χ4v) is 1.62. The highest BCUT2D eigenvalue weighted by Crippen LogP contribution is 2.22. The second-order valence-electron chi connectivity index (χ2n) is 3.19. The van der Waals surface area contributed by atoms with Crippen LogP contribution in [-0.4, -0.2) is 13.0 Å². The van der Waals surface area contributed by atoms with Crippen molar-refractivity contribution < 1.29 is 4.79 Å². The predicted octanol–water partition coefficient (Wildman–Crippen LogP) is 1.51. The molecule has 3 heteroatoms. The average Bonchev–Trinajstić information content (AvgIpc) is 2.23.